The fourth-order valence-electron chi connectivity index (χ4n) is 1.65. The van der Waals surface area contributed by atoms with Crippen molar-refractivity contribution >= 4 is 23.3 Å². The first-order valence-electron chi connectivity index (χ1n) is 6.54. The minimum absolute atomic E-state index is 0.125. The van der Waals surface area contributed by atoms with Gasteiger partial charge in [-0.1, -0.05) is 11.6 Å². The van der Waals surface area contributed by atoms with Crippen molar-refractivity contribution in [3.8, 4) is 5.75 Å². The SMILES string of the molecule is O=C(NCCOc1ccc(Cl)cc1)Nc1ccc(F)c(F)c1F. The van der Waals surface area contributed by atoms with Crippen LogP contribution in [-0.2, 0) is 0 Å². The molecule has 2 aromatic carbocycles. The first-order valence-corrected chi connectivity index (χ1v) is 6.92. The van der Waals surface area contributed by atoms with E-state index >= 15 is 0 Å². The fraction of sp³-hybridized carbons (Fsp3) is 0.133. The lowest BCUT2D eigenvalue weighted by Gasteiger charge is -2.10. The molecular weight excluding hydrogens is 333 g/mol. The van der Waals surface area contributed by atoms with Gasteiger partial charge in [-0.05, 0) is 36.4 Å². The molecule has 0 saturated carbocycles. The van der Waals surface area contributed by atoms with Gasteiger partial charge in [0, 0.05) is 5.02 Å². The standard InChI is InChI=1S/C15H12ClF3N2O2/c16-9-1-3-10(4-2-9)23-8-7-20-15(22)21-12-6-5-11(17)13(18)14(12)19/h1-6H,7-8H2,(H2,20,21,22). The van der Waals surface area contributed by atoms with Crippen LogP contribution >= 0.6 is 11.6 Å². The van der Waals surface area contributed by atoms with Crippen molar-refractivity contribution in [3.05, 3.63) is 58.9 Å². The summed E-state index contributed by atoms with van der Waals surface area (Å²) in [5.41, 5.74) is -0.458. The van der Waals surface area contributed by atoms with E-state index in [4.69, 9.17) is 16.3 Å². The first kappa shape index (κ1) is 17.0. The average Bonchev–Trinajstić information content (AvgIpc) is 2.54. The van der Waals surface area contributed by atoms with Gasteiger partial charge in [-0.25, -0.2) is 18.0 Å². The van der Waals surface area contributed by atoms with E-state index in [1.165, 1.54) is 0 Å². The van der Waals surface area contributed by atoms with E-state index in [-0.39, 0.29) is 13.2 Å². The predicted molar refractivity (Wildman–Crippen MR) is 80.3 cm³/mol. The van der Waals surface area contributed by atoms with Gasteiger partial charge in [-0.15, -0.1) is 0 Å². The molecule has 0 radical (unpaired) electrons. The molecule has 0 heterocycles. The van der Waals surface area contributed by atoms with Crippen LogP contribution in [0.2, 0.25) is 5.02 Å². The van der Waals surface area contributed by atoms with Crippen molar-refractivity contribution in [2.45, 2.75) is 0 Å². The fourth-order valence-corrected chi connectivity index (χ4v) is 1.78. The summed E-state index contributed by atoms with van der Waals surface area (Å²) in [5, 5.41) is 5.04. The zero-order valence-electron chi connectivity index (χ0n) is 11.7. The Morgan fingerprint density at radius 1 is 1.04 bits per heavy atom. The van der Waals surface area contributed by atoms with Gasteiger partial charge in [0.05, 0.1) is 12.2 Å². The molecule has 23 heavy (non-hydrogen) atoms. The monoisotopic (exact) mass is 344 g/mol. The molecule has 122 valence electrons. The molecule has 0 spiro atoms. The third-order valence-corrected chi connectivity index (χ3v) is 3.01. The predicted octanol–water partition coefficient (Wildman–Crippen LogP) is 3.96. The maximum absolute atomic E-state index is 13.4. The Hall–Kier alpha value is -2.41. The van der Waals surface area contributed by atoms with Crippen molar-refractivity contribution in [3.63, 3.8) is 0 Å². The number of benzene rings is 2. The molecule has 0 aliphatic rings. The number of carbonyl (C=O) groups is 1. The van der Waals surface area contributed by atoms with E-state index in [1.807, 2.05) is 0 Å². The van der Waals surface area contributed by atoms with Crippen molar-refractivity contribution in [2.75, 3.05) is 18.5 Å². The molecule has 8 heteroatoms. The highest BCUT2D eigenvalue weighted by atomic mass is 35.5. The van der Waals surface area contributed by atoms with Crippen molar-refractivity contribution in [1.29, 1.82) is 0 Å². The molecule has 2 amide bonds. The molecule has 0 fully saturated rings. The van der Waals surface area contributed by atoms with Crippen LogP contribution in [0, 0.1) is 17.5 Å². The number of rotatable bonds is 5. The molecule has 0 unspecified atom stereocenters. The Morgan fingerprint density at radius 2 is 1.74 bits per heavy atom. The van der Waals surface area contributed by atoms with Gasteiger partial charge in [0.15, 0.2) is 17.5 Å². The summed E-state index contributed by atoms with van der Waals surface area (Å²) in [6.45, 7) is 0.287. The Morgan fingerprint density at radius 3 is 2.43 bits per heavy atom. The number of amides is 2. The summed E-state index contributed by atoms with van der Waals surface area (Å²) in [5.74, 6) is -3.86. The Labute approximate surface area is 135 Å². The molecule has 0 aliphatic carbocycles. The quantitative estimate of drug-likeness (QED) is 0.637. The van der Waals surface area contributed by atoms with Crippen molar-refractivity contribution in [2.24, 2.45) is 0 Å². The lowest BCUT2D eigenvalue weighted by molar-refractivity contribution is 0.247. The van der Waals surface area contributed by atoms with E-state index in [0.29, 0.717) is 10.8 Å². The molecule has 0 aromatic heterocycles. The largest absolute Gasteiger partial charge is 0.492 e. The Balaban J connectivity index is 1.77. The Kier molecular flexibility index (Phi) is 5.70. The molecule has 0 aliphatic heterocycles. The van der Waals surface area contributed by atoms with Crippen LogP contribution in [0.1, 0.15) is 0 Å². The van der Waals surface area contributed by atoms with Gasteiger partial charge < -0.3 is 15.4 Å². The third kappa shape index (κ3) is 4.79. The smallest absolute Gasteiger partial charge is 0.319 e. The molecule has 2 N–H and O–H groups in total. The van der Waals surface area contributed by atoms with Gasteiger partial charge in [-0.2, -0.15) is 0 Å². The lowest BCUT2D eigenvalue weighted by atomic mass is 10.3. The minimum Gasteiger partial charge on any atom is -0.492 e. The highest BCUT2D eigenvalue weighted by Crippen LogP contribution is 2.19. The minimum atomic E-state index is -1.64. The number of halogens is 4. The number of urea groups is 1. The summed E-state index contributed by atoms with van der Waals surface area (Å²) >= 11 is 5.72. The number of hydrogen-bond acceptors (Lipinski definition) is 2. The van der Waals surface area contributed by atoms with E-state index in [1.54, 1.807) is 24.3 Å². The van der Waals surface area contributed by atoms with E-state index in [0.717, 1.165) is 12.1 Å². The van der Waals surface area contributed by atoms with Gasteiger partial charge in [0.25, 0.3) is 0 Å². The molecular formula is C15H12ClF3N2O2. The molecule has 0 atom stereocenters. The van der Waals surface area contributed by atoms with Crippen LogP contribution in [0.3, 0.4) is 0 Å². The van der Waals surface area contributed by atoms with Crippen molar-refractivity contribution in [1.82, 2.24) is 5.32 Å². The van der Waals surface area contributed by atoms with Gasteiger partial charge in [0.1, 0.15) is 12.4 Å². The first-order chi connectivity index (χ1) is 11.0. The topological polar surface area (TPSA) is 50.4 Å². The number of ether oxygens (including phenoxy) is 1. The van der Waals surface area contributed by atoms with Gasteiger partial charge in [-0.3, -0.25) is 0 Å². The zero-order chi connectivity index (χ0) is 16.8. The highest BCUT2D eigenvalue weighted by molar-refractivity contribution is 6.30. The summed E-state index contributed by atoms with van der Waals surface area (Å²) in [6, 6.07) is 7.52. The van der Waals surface area contributed by atoms with Gasteiger partial charge >= 0.3 is 6.03 Å². The van der Waals surface area contributed by atoms with Crippen LogP contribution in [-0.4, -0.2) is 19.2 Å². The molecule has 0 bridgehead atoms. The summed E-state index contributed by atoms with van der Waals surface area (Å²) < 4.78 is 44.5. The van der Waals surface area contributed by atoms with E-state index in [2.05, 4.69) is 10.6 Å². The van der Waals surface area contributed by atoms with Gasteiger partial charge in [0.2, 0.25) is 0 Å². The second kappa shape index (κ2) is 7.73. The number of anilines is 1. The van der Waals surface area contributed by atoms with Crippen LogP contribution in [0.25, 0.3) is 0 Å². The number of hydrogen-bond donors (Lipinski definition) is 2. The summed E-state index contributed by atoms with van der Waals surface area (Å²) in [4.78, 5) is 11.5. The van der Waals surface area contributed by atoms with Crippen LogP contribution in [0.15, 0.2) is 36.4 Å². The average molecular weight is 345 g/mol. The second-order valence-electron chi connectivity index (χ2n) is 4.41. The highest BCUT2D eigenvalue weighted by Gasteiger charge is 2.14. The molecule has 2 rings (SSSR count). The normalized spacial score (nSPS) is 10.3. The third-order valence-electron chi connectivity index (χ3n) is 2.75. The summed E-state index contributed by atoms with van der Waals surface area (Å²) in [7, 11) is 0. The zero-order valence-corrected chi connectivity index (χ0v) is 12.5. The van der Waals surface area contributed by atoms with E-state index in [9.17, 15) is 18.0 Å². The number of nitrogens with one attached hydrogen (secondary N) is 2. The maximum Gasteiger partial charge on any atom is 0.319 e. The van der Waals surface area contributed by atoms with Crippen molar-refractivity contribution < 1.29 is 22.7 Å². The second-order valence-corrected chi connectivity index (χ2v) is 4.84. The van der Waals surface area contributed by atoms with Crippen LogP contribution in [0.5, 0.6) is 5.75 Å². The molecule has 0 saturated heterocycles. The maximum atomic E-state index is 13.4. The van der Waals surface area contributed by atoms with Crippen LogP contribution in [0.4, 0.5) is 23.7 Å². The molecule has 4 nitrogen and oxygen atoms in total. The Bertz CT molecular complexity index is 696. The molecule has 2 aromatic rings. The summed E-state index contributed by atoms with van der Waals surface area (Å²) in [6.07, 6.45) is 0. The van der Waals surface area contributed by atoms with Crippen LogP contribution < -0.4 is 15.4 Å². The van der Waals surface area contributed by atoms with E-state index < -0.39 is 29.2 Å². The lowest BCUT2D eigenvalue weighted by Crippen LogP contribution is -2.32. The number of carbonyl (C=O) groups excluding carboxylic acids is 1.